The maximum atomic E-state index is 6.22. The van der Waals surface area contributed by atoms with Crippen LogP contribution in [0, 0.1) is 0 Å². The lowest BCUT2D eigenvalue weighted by Crippen LogP contribution is -1.99. The van der Waals surface area contributed by atoms with Gasteiger partial charge in [0.15, 0.2) is 0 Å². The number of hydrogen-bond acceptors (Lipinski definition) is 3. The highest BCUT2D eigenvalue weighted by atomic mass is 35.5. The highest BCUT2D eigenvalue weighted by Crippen LogP contribution is 2.32. The Bertz CT molecular complexity index is 769. The first-order valence-electron chi connectivity index (χ1n) is 6.52. The van der Waals surface area contributed by atoms with E-state index in [1.807, 2.05) is 30.5 Å². The van der Waals surface area contributed by atoms with E-state index in [1.54, 1.807) is 0 Å². The molecule has 0 radical (unpaired) electrons. The quantitative estimate of drug-likeness (QED) is 0.651. The molecule has 100 valence electrons. The summed E-state index contributed by atoms with van der Waals surface area (Å²) in [4.78, 5) is 13.0. The number of nitrogens with zero attached hydrogens (tertiary/aromatic N) is 3. The lowest BCUT2D eigenvalue weighted by atomic mass is 9.99. The molecule has 0 N–H and O–H groups in total. The van der Waals surface area contributed by atoms with Crippen LogP contribution in [-0.4, -0.2) is 15.0 Å². The fourth-order valence-electron chi connectivity index (χ4n) is 2.32. The first kappa shape index (κ1) is 13.0. The summed E-state index contributed by atoms with van der Waals surface area (Å²) in [6.07, 6.45) is 3.34. The van der Waals surface area contributed by atoms with Crippen LogP contribution in [0.1, 0.15) is 25.3 Å². The highest BCUT2D eigenvalue weighted by molar-refractivity contribution is 6.30. The first-order chi connectivity index (χ1) is 9.66. The van der Waals surface area contributed by atoms with E-state index in [9.17, 15) is 0 Å². The maximum Gasteiger partial charge on any atom is 0.136 e. The van der Waals surface area contributed by atoms with Crippen LogP contribution in [0.3, 0.4) is 0 Å². The second kappa shape index (κ2) is 5.17. The zero-order valence-corrected chi connectivity index (χ0v) is 12.1. The summed E-state index contributed by atoms with van der Waals surface area (Å²) in [6.45, 7) is 4.17. The van der Waals surface area contributed by atoms with Crippen LogP contribution in [0.15, 0.2) is 42.9 Å². The van der Waals surface area contributed by atoms with Crippen molar-refractivity contribution in [2.45, 2.75) is 19.8 Å². The summed E-state index contributed by atoms with van der Waals surface area (Å²) >= 11 is 6.22. The summed E-state index contributed by atoms with van der Waals surface area (Å²) in [5, 5.41) is 1.60. The summed E-state index contributed by atoms with van der Waals surface area (Å²) < 4.78 is 0. The molecule has 0 aliphatic heterocycles. The predicted octanol–water partition coefficient (Wildman–Crippen LogP) is 4.47. The molecule has 0 bridgehead atoms. The molecular formula is C16H14ClN3. The van der Waals surface area contributed by atoms with E-state index in [1.165, 1.54) is 6.33 Å². The molecule has 0 unspecified atom stereocenters. The third kappa shape index (κ3) is 2.25. The van der Waals surface area contributed by atoms with Crippen LogP contribution < -0.4 is 0 Å². The van der Waals surface area contributed by atoms with Crippen LogP contribution in [0.25, 0.3) is 22.2 Å². The molecule has 2 heterocycles. The number of halogens is 1. The number of pyridine rings is 1. The van der Waals surface area contributed by atoms with E-state index < -0.39 is 0 Å². The Morgan fingerprint density at radius 3 is 2.65 bits per heavy atom. The van der Waals surface area contributed by atoms with Crippen LogP contribution in [0.2, 0.25) is 5.15 Å². The molecule has 0 saturated heterocycles. The number of benzene rings is 1. The molecule has 0 aliphatic rings. The van der Waals surface area contributed by atoms with Gasteiger partial charge < -0.3 is 0 Å². The molecule has 4 heteroatoms. The molecule has 3 rings (SSSR count). The molecule has 1 aromatic carbocycles. The Hall–Kier alpha value is -2.00. The first-order valence-corrected chi connectivity index (χ1v) is 6.90. The number of hydrogen-bond donors (Lipinski definition) is 0. The van der Waals surface area contributed by atoms with Crippen LogP contribution in [-0.2, 0) is 0 Å². The van der Waals surface area contributed by atoms with Crippen molar-refractivity contribution in [2.75, 3.05) is 0 Å². The van der Waals surface area contributed by atoms with Crippen molar-refractivity contribution < 1.29 is 0 Å². The lowest BCUT2D eigenvalue weighted by molar-refractivity contribution is 0.849. The molecule has 3 aromatic rings. The third-order valence-corrected chi connectivity index (χ3v) is 3.58. The fourth-order valence-corrected chi connectivity index (χ4v) is 2.67. The Labute approximate surface area is 122 Å². The van der Waals surface area contributed by atoms with Crippen LogP contribution in [0.4, 0.5) is 0 Å². The number of rotatable bonds is 2. The molecule has 0 aliphatic carbocycles. The highest BCUT2D eigenvalue weighted by Gasteiger charge is 2.15. The van der Waals surface area contributed by atoms with Crippen LogP contribution in [0.5, 0.6) is 0 Å². The average Bonchev–Trinajstić information content (AvgIpc) is 2.46. The molecule has 0 amide bonds. The largest absolute Gasteiger partial charge is 0.256 e. The molecule has 0 fully saturated rings. The predicted molar refractivity (Wildman–Crippen MR) is 81.9 cm³/mol. The van der Waals surface area contributed by atoms with E-state index in [0.717, 1.165) is 27.7 Å². The minimum atomic E-state index is 0.255. The van der Waals surface area contributed by atoms with Gasteiger partial charge in [-0.3, -0.25) is 4.98 Å². The van der Waals surface area contributed by atoms with Gasteiger partial charge in [0.1, 0.15) is 11.5 Å². The second-order valence-electron chi connectivity index (χ2n) is 5.00. The topological polar surface area (TPSA) is 38.7 Å². The maximum absolute atomic E-state index is 6.22. The van der Waals surface area contributed by atoms with Gasteiger partial charge >= 0.3 is 0 Å². The average molecular weight is 284 g/mol. The SMILES string of the molecule is CC(C)c1c(Cl)ncnc1-c1cnc2ccccc2c1. The monoisotopic (exact) mass is 283 g/mol. The number of fused-ring (bicyclic) bond motifs is 1. The van der Waals surface area contributed by atoms with Crippen molar-refractivity contribution in [3.8, 4) is 11.3 Å². The summed E-state index contributed by atoms with van der Waals surface area (Å²) in [5.41, 5.74) is 3.77. The molecule has 0 saturated carbocycles. The van der Waals surface area contributed by atoms with E-state index in [-0.39, 0.29) is 5.92 Å². The van der Waals surface area contributed by atoms with Crippen molar-refractivity contribution in [1.82, 2.24) is 15.0 Å². The van der Waals surface area contributed by atoms with Gasteiger partial charge in [0.05, 0.1) is 11.2 Å². The van der Waals surface area contributed by atoms with Gasteiger partial charge in [-0.05, 0) is 18.1 Å². The van der Waals surface area contributed by atoms with Crippen molar-refractivity contribution in [2.24, 2.45) is 0 Å². The van der Waals surface area contributed by atoms with Crippen molar-refractivity contribution >= 4 is 22.5 Å². The minimum Gasteiger partial charge on any atom is -0.256 e. The Balaban J connectivity index is 2.23. The summed E-state index contributed by atoms with van der Waals surface area (Å²) in [5.74, 6) is 0.255. The van der Waals surface area contributed by atoms with Gasteiger partial charge in [-0.25, -0.2) is 9.97 Å². The van der Waals surface area contributed by atoms with Crippen molar-refractivity contribution in [1.29, 1.82) is 0 Å². The molecule has 0 spiro atoms. The zero-order valence-electron chi connectivity index (χ0n) is 11.3. The second-order valence-corrected chi connectivity index (χ2v) is 5.36. The molecular weight excluding hydrogens is 270 g/mol. The normalized spacial score (nSPS) is 11.2. The molecule has 20 heavy (non-hydrogen) atoms. The minimum absolute atomic E-state index is 0.255. The van der Waals surface area contributed by atoms with Gasteiger partial charge in [-0.2, -0.15) is 0 Å². The smallest absolute Gasteiger partial charge is 0.136 e. The fraction of sp³-hybridized carbons (Fsp3) is 0.188. The van der Waals surface area contributed by atoms with Gasteiger partial charge in [0, 0.05) is 22.7 Å². The number of aromatic nitrogens is 3. The Morgan fingerprint density at radius 2 is 1.85 bits per heavy atom. The Kier molecular flexibility index (Phi) is 3.36. The van der Waals surface area contributed by atoms with Crippen molar-refractivity contribution in [3.05, 3.63) is 53.6 Å². The van der Waals surface area contributed by atoms with Gasteiger partial charge in [-0.15, -0.1) is 0 Å². The van der Waals surface area contributed by atoms with Gasteiger partial charge in [0.2, 0.25) is 0 Å². The van der Waals surface area contributed by atoms with Gasteiger partial charge in [-0.1, -0.05) is 43.6 Å². The van der Waals surface area contributed by atoms with E-state index in [2.05, 4.69) is 34.9 Å². The molecule has 0 atom stereocenters. The number of para-hydroxylation sites is 1. The van der Waals surface area contributed by atoms with Gasteiger partial charge in [0.25, 0.3) is 0 Å². The molecule has 2 aromatic heterocycles. The standard InChI is InChI=1S/C16H14ClN3/c1-10(2)14-15(19-9-20-16(14)17)12-7-11-5-3-4-6-13(11)18-8-12/h3-10H,1-2H3. The Morgan fingerprint density at radius 1 is 1.05 bits per heavy atom. The summed E-state index contributed by atoms with van der Waals surface area (Å²) in [6, 6.07) is 10.1. The third-order valence-electron chi connectivity index (χ3n) is 3.28. The van der Waals surface area contributed by atoms with Crippen molar-refractivity contribution in [3.63, 3.8) is 0 Å². The van der Waals surface area contributed by atoms with Crippen LogP contribution >= 0.6 is 11.6 Å². The van der Waals surface area contributed by atoms with E-state index >= 15 is 0 Å². The molecule has 3 nitrogen and oxygen atoms in total. The van der Waals surface area contributed by atoms with E-state index in [4.69, 9.17) is 11.6 Å². The lowest BCUT2D eigenvalue weighted by Gasteiger charge is -2.13. The van der Waals surface area contributed by atoms with E-state index in [0.29, 0.717) is 5.15 Å². The zero-order chi connectivity index (χ0) is 14.1. The summed E-state index contributed by atoms with van der Waals surface area (Å²) in [7, 11) is 0.